The molecule has 0 bridgehead atoms. The Hall–Kier alpha value is -1.49. The number of thioether (sulfide) groups is 1. The van der Waals surface area contributed by atoms with E-state index in [2.05, 4.69) is 23.4 Å². The molecule has 2 aromatic rings. The maximum absolute atomic E-state index is 11.5. The van der Waals surface area contributed by atoms with Crippen LogP contribution in [0.3, 0.4) is 0 Å². The van der Waals surface area contributed by atoms with Gasteiger partial charge in [0, 0.05) is 17.7 Å². The summed E-state index contributed by atoms with van der Waals surface area (Å²) in [5.74, 6) is 1.60. The van der Waals surface area contributed by atoms with Crippen molar-refractivity contribution >= 4 is 28.8 Å². The normalized spacial score (nSPS) is 18.7. The summed E-state index contributed by atoms with van der Waals surface area (Å²) in [4.78, 5) is 16.2. The molecule has 1 fully saturated rings. The Morgan fingerprint density at radius 2 is 2.33 bits per heavy atom. The summed E-state index contributed by atoms with van der Waals surface area (Å²) >= 11 is 1.99. The standard InChI is InChI=1S/C16H20N2O2S/c1-10(2)15-17-13-7-3-6-12(16(19)20)14(13)18(15)9-11-5-4-8-21-11/h3,6-7,10-11H,4-5,8-9H2,1-2H3,(H,19,20). The topological polar surface area (TPSA) is 55.1 Å². The number of carboxylic acid groups (broad SMARTS) is 1. The van der Waals surface area contributed by atoms with E-state index in [1.807, 2.05) is 17.8 Å². The van der Waals surface area contributed by atoms with Crippen LogP contribution in [-0.4, -0.2) is 31.6 Å². The van der Waals surface area contributed by atoms with Crippen LogP contribution in [0.5, 0.6) is 0 Å². The minimum Gasteiger partial charge on any atom is -0.478 e. The van der Waals surface area contributed by atoms with Gasteiger partial charge < -0.3 is 9.67 Å². The molecule has 1 unspecified atom stereocenters. The number of aromatic nitrogens is 2. The number of carbonyl (C=O) groups is 1. The summed E-state index contributed by atoms with van der Waals surface area (Å²) < 4.78 is 2.15. The zero-order valence-electron chi connectivity index (χ0n) is 12.4. The molecule has 1 aromatic carbocycles. The van der Waals surface area contributed by atoms with Crippen LogP contribution in [0.1, 0.15) is 48.8 Å². The second-order valence-corrected chi connectivity index (χ2v) is 7.26. The SMILES string of the molecule is CC(C)c1nc2cccc(C(=O)O)c2n1CC1CCCS1. The van der Waals surface area contributed by atoms with Gasteiger partial charge in [0.2, 0.25) is 0 Å². The zero-order chi connectivity index (χ0) is 15.0. The summed E-state index contributed by atoms with van der Waals surface area (Å²) in [6.07, 6.45) is 2.46. The fourth-order valence-electron chi connectivity index (χ4n) is 2.99. The van der Waals surface area contributed by atoms with Crippen LogP contribution >= 0.6 is 11.8 Å². The number of carboxylic acids is 1. The molecular formula is C16H20N2O2S. The van der Waals surface area contributed by atoms with E-state index in [9.17, 15) is 9.90 Å². The van der Waals surface area contributed by atoms with Crippen LogP contribution in [0.15, 0.2) is 18.2 Å². The summed E-state index contributed by atoms with van der Waals surface area (Å²) in [6, 6.07) is 5.36. The molecule has 0 radical (unpaired) electrons. The zero-order valence-corrected chi connectivity index (χ0v) is 13.2. The van der Waals surface area contributed by atoms with Crippen molar-refractivity contribution in [3.05, 3.63) is 29.6 Å². The molecule has 21 heavy (non-hydrogen) atoms. The Morgan fingerprint density at radius 1 is 1.52 bits per heavy atom. The van der Waals surface area contributed by atoms with Gasteiger partial charge in [-0.15, -0.1) is 0 Å². The number of rotatable bonds is 4. The van der Waals surface area contributed by atoms with E-state index in [0.717, 1.165) is 23.4 Å². The van der Waals surface area contributed by atoms with Crippen molar-refractivity contribution in [2.24, 2.45) is 0 Å². The molecule has 112 valence electrons. The van der Waals surface area contributed by atoms with E-state index >= 15 is 0 Å². The maximum Gasteiger partial charge on any atom is 0.337 e. The number of hydrogen-bond donors (Lipinski definition) is 1. The highest BCUT2D eigenvalue weighted by molar-refractivity contribution is 8.00. The van der Waals surface area contributed by atoms with Crippen LogP contribution in [0.4, 0.5) is 0 Å². The molecule has 1 saturated heterocycles. The molecule has 1 aliphatic heterocycles. The van der Waals surface area contributed by atoms with Gasteiger partial charge in [-0.05, 0) is 30.7 Å². The van der Waals surface area contributed by atoms with Gasteiger partial charge in [-0.3, -0.25) is 0 Å². The summed E-state index contributed by atoms with van der Waals surface area (Å²) in [6.45, 7) is 5.08. The smallest absolute Gasteiger partial charge is 0.337 e. The largest absolute Gasteiger partial charge is 0.478 e. The number of nitrogens with zero attached hydrogens (tertiary/aromatic N) is 2. The third kappa shape index (κ3) is 2.67. The lowest BCUT2D eigenvalue weighted by Gasteiger charge is -2.16. The summed E-state index contributed by atoms with van der Waals surface area (Å²) in [5, 5.41) is 10.0. The molecule has 0 amide bonds. The van der Waals surface area contributed by atoms with Gasteiger partial charge in [0.15, 0.2) is 0 Å². The molecule has 5 heteroatoms. The fourth-order valence-corrected chi connectivity index (χ4v) is 4.25. The number of hydrogen-bond acceptors (Lipinski definition) is 3. The lowest BCUT2D eigenvalue weighted by molar-refractivity contribution is 0.0698. The minimum atomic E-state index is -0.879. The van der Waals surface area contributed by atoms with Crippen LogP contribution in [0.25, 0.3) is 11.0 Å². The van der Waals surface area contributed by atoms with Crippen molar-refractivity contribution in [3.8, 4) is 0 Å². The van der Waals surface area contributed by atoms with E-state index in [0.29, 0.717) is 10.8 Å². The number of para-hydroxylation sites is 1. The van der Waals surface area contributed by atoms with Crippen LogP contribution < -0.4 is 0 Å². The Morgan fingerprint density at radius 3 is 2.95 bits per heavy atom. The fraction of sp³-hybridized carbons (Fsp3) is 0.500. The highest BCUT2D eigenvalue weighted by Crippen LogP contribution is 2.31. The quantitative estimate of drug-likeness (QED) is 0.934. The molecule has 1 atom stereocenters. The molecule has 1 N–H and O–H groups in total. The Bertz CT molecular complexity index is 672. The highest BCUT2D eigenvalue weighted by Gasteiger charge is 2.23. The van der Waals surface area contributed by atoms with Crippen LogP contribution in [0, 0.1) is 0 Å². The number of aromatic carboxylic acids is 1. The Labute approximate surface area is 128 Å². The second-order valence-electron chi connectivity index (χ2n) is 5.85. The van der Waals surface area contributed by atoms with Crippen molar-refractivity contribution < 1.29 is 9.90 Å². The van der Waals surface area contributed by atoms with Crippen molar-refractivity contribution in [1.82, 2.24) is 9.55 Å². The van der Waals surface area contributed by atoms with E-state index in [1.54, 1.807) is 12.1 Å². The van der Waals surface area contributed by atoms with Gasteiger partial charge in [-0.2, -0.15) is 11.8 Å². The van der Waals surface area contributed by atoms with Gasteiger partial charge >= 0.3 is 5.97 Å². The summed E-state index contributed by atoms with van der Waals surface area (Å²) in [7, 11) is 0. The van der Waals surface area contributed by atoms with Crippen molar-refractivity contribution in [3.63, 3.8) is 0 Å². The molecule has 1 aromatic heterocycles. The molecule has 0 aliphatic carbocycles. The minimum absolute atomic E-state index is 0.283. The average molecular weight is 304 g/mol. The molecule has 4 nitrogen and oxygen atoms in total. The van der Waals surface area contributed by atoms with Crippen molar-refractivity contribution in [1.29, 1.82) is 0 Å². The first-order valence-electron chi connectivity index (χ1n) is 7.42. The van der Waals surface area contributed by atoms with Gasteiger partial charge in [-0.25, -0.2) is 9.78 Å². The first-order chi connectivity index (χ1) is 10.1. The van der Waals surface area contributed by atoms with E-state index in [-0.39, 0.29) is 5.92 Å². The highest BCUT2D eigenvalue weighted by atomic mass is 32.2. The first kappa shape index (κ1) is 14.4. The average Bonchev–Trinajstić information content (AvgIpc) is 3.07. The Balaban J connectivity index is 2.16. The number of benzene rings is 1. The lowest BCUT2D eigenvalue weighted by Crippen LogP contribution is -2.15. The van der Waals surface area contributed by atoms with E-state index in [4.69, 9.17) is 0 Å². The maximum atomic E-state index is 11.5. The predicted molar refractivity (Wildman–Crippen MR) is 86.3 cm³/mol. The second kappa shape index (κ2) is 5.72. The molecule has 1 aliphatic rings. The molecule has 2 heterocycles. The van der Waals surface area contributed by atoms with E-state index < -0.39 is 5.97 Å². The van der Waals surface area contributed by atoms with E-state index in [1.165, 1.54) is 18.6 Å². The third-order valence-corrected chi connectivity index (χ3v) is 5.33. The van der Waals surface area contributed by atoms with Crippen LogP contribution in [0.2, 0.25) is 0 Å². The predicted octanol–water partition coefficient (Wildman–Crippen LogP) is 3.75. The number of fused-ring (bicyclic) bond motifs is 1. The molecule has 0 saturated carbocycles. The molecule has 3 rings (SSSR count). The van der Waals surface area contributed by atoms with Crippen molar-refractivity contribution in [2.75, 3.05) is 5.75 Å². The summed E-state index contributed by atoms with van der Waals surface area (Å²) in [5.41, 5.74) is 1.93. The third-order valence-electron chi connectivity index (χ3n) is 3.95. The van der Waals surface area contributed by atoms with Crippen molar-refractivity contribution in [2.45, 2.75) is 44.4 Å². The monoisotopic (exact) mass is 304 g/mol. The molecular weight excluding hydrogens is 284 g/mol. The van der Waals surface area contributed by atoms with Crippen LogP contribution in [-0.2, 0) is 6.54 Å². The van der Waals surface area contributed by atoms with Gasteiger partial charge in [0.25, 0.3) is 0 Å². The first-order valence-corrected chi connectivity index (χ1v) is 8.47. The van der Waals surface area contributed by atoms with Gasteiger partial charge in [0.05, 0.1) is 16.6 Å². The van der Waals surface area contributed by atoms with Gasteiger partial charge in [0.1, 0.15) is 5.82 Å². The van der Waals surface area contributed by atoms with Gasteiger partial charge in [-0.1, -0.05) is 19.9 Å². The molecule has 0 spiro atoms. The number of imidazole rings is 1. The Kier molecular flexibility index (Phi) is 3.93. The lowest BCUT2D eigenvalue weighted by atomic mass is 10.1.